The molecule has 3 N–H and O–H groups in total. The fraction of sp³-hybridized carbons (Fsp3) is 0.143. The van der Waals surface area contributed by atoms with Crippen molar-refractivity contribution in [3.8, 4) is 0 Å². The number of rotatable bonds is 3. The summed E-state index contributed by atoms with van der Waals surface area (Å²) in [6.07, 6.45) is -1.29. The quantitative estimate of drug-likeness (QED) is 0.588. The van der Waals surface area contributed by atoms with Crippen LogP contribution in [0.3, 0.4) is 0 Å². The van der Waals surface area contributed by atoms with Crippen molar-refractivity contribution >= 4 is 37.5 Å². The van der Waals surface area contributed by atoms with E-state index in [-0.39, 0.29) is 16.5 Å². The first-order valence-electron chi connectivity index (χ1n) is 5.75. The molecule has 2 nitrogen and oxygen atoms in total. The third-order valence-corrected chi connectivity index (χ3v) is 4.05. The molecule has 2 rings (SSSR count). The second-order valence-corrected chi connectivity index (χ2v) is 6.08. The number of halogens is 4. The normalized spacial score (nSPS) is 12.4. The molecule has 0 aliphatic carbocycles. The molecule has 2 aromatic carbocycles. The van der Waals surface area contributed by atoms with Gasteiger partial charge in [-0.2, -0.15) is 0 Å². The summed E-state index contributed by atoms with van der Waals surface area (Å²) < 4.78 is 28.4. The van der Waals surface area contributed by atoms with Gasteiger partial charge in [0.05, 0.1) is 10.6 Å². The van der Waals surface area contributed by atoms with E-state index in [4.69, 9.17) is 5.73 Å². The van der Waals surface area contributed by atoms with Gasteiger partial charge >= 0.3 is 0 Å². The average Bonchev–Trinajstić information content (AvgIpc) is 2.41. The third-order valence-electron chi connectivity index (χ3n) is 2.94. The smallest absolute Gasteiger partial charge is 0.143 e. The Morgan fingerprint density at radius 3 is 2.55 bits per heavy atom. The van der Waals surface area contributed by atoms with Crippen LogP contribution in [-0.4, -0.2) is 5.11 Å². The highest BCUT2D eigenvalue weighted by Crippen LogP contribution is 2.30. The van der Waals surface area contributed by atoms with E-state index in [0.717, 1.165) is 10.5 Å². The molecule has 0 amide bonds. The zero-order valence-electron chi connectivity index (χ0n) is 10.2. The molecule has 0 fully saturated rings. The van der Waals surface area contributed by atoms with Crippen molar-refractivity contribution in [3.05, 3.63) is 62.0 Å². The van der Waals surface area contributed by atoms with Gasteiger partial charge in [-0.15, -0.1) is 0 Å². The molecule has 2 aromatic rings. The number of nitrogens with two attached hydrogens (primary N) is 1. The molecule has 0 bridgehead atoms. The molecule has 6 heteroatoms. The van der Waals surface area contributed by atoms with Crippen LogP contribution in [0.25, 0.3) is 0 Å². The maximum atomic E-state index is 13.9. The number of anilines is 1. The SMILES string of the molecule is Nc1ccc(Br)cc1C(O)Cc1c(F)ccc(Br)c1F. The first kappa shape index (κ1) is 15.4. The summed E-state index contributed by atoms with van der Waals surface area (Å²) in [4.78, 5) is 0. The molecule has 0 heterocycles. The van der Waals surface area contributed by atoms with Gasteiger partial charge < -0.3 is 10.8 Å². The zero-order chi connectivity index (χ0) is 14.9. The summed E-state index contributed by atoms with van der Waals surface area (Å²) >= 11 is 6.27. The summed E-state index contributed by atoms with van der Waals surface area (Å²) in [5, 5.41) is 10.2. The van der Waals surface area contributed by atoms with Gasteiger partial charge in [0.2, 0.25) is 0 Å². The van der Waals surface area contributed by atoms with Gasteiger partial charge in [0.25, 0.3) is 0 Å². The fourth-order valence-electron chi connectivity index (χ4n) is 1.89. The minimum Gasteiger partial charge on any atom is -0.398 e. The van der Waals surface area contributed by atoms with Crippen molar-refractivity contribution in [3.63, 3.8) is 0 Å². The van der Waals surface area contributed by atoms with E-state index < -0.39 is 17.7 Å². The minimum atomic E-state index is -1.09. The molecule has 1 unspecified atom stereocenters. The predicted molar refractivity (Wildman–Crippen MR) is 81.3 cm³/mol. The summed E-state index contributed by atoms with van der Waals surface area (Å²) in [6, 6.07) is 7.42. The highest BCUT2D eigenvalue weighted by Gasteiger charge is 2.19. The van der Waals surface area contributed by atoms with Crippen molar-refractivity contribution in [2.75, 3.05) is 5.73 Å². The van der Waals surface area contributed by atoms with Crippen molar-refractivity contribution in [1.29, 1.82) is 0 Å². The third kappa shape index (κ3) is 3.19. The standard InChI is InChI=1S/C14H11Br2F2NO/c15-7-1-4-12(19)9(5-7)13(20)6-8-11(17)3-2-10(16)14(8)18/h1-5,13,20H,6,19H2. The monoisotopic (exact) mass is 405 g/mol. The van der Waals surface area contributed by atoms with E-state index in [0.29, 0.717) is 11.3 Å². The second-order valence-electron chi connectivity index (χ2n) is 4.31. The van der Waals surface area contributed by atoms with Crippen LogP contribution in [0.2, 0.25) is 0 Å². The number of hydrogen-bond donors (Lipinski definition) is 2. The van der Waals surface area contributed by atoms with Crippen molar-refractivity contribution in [2.24, 2.45) is 0 Å². The van der Waals surface area contributed by atoms with Crippen LogP contribution in [0.15, 0.2) is 39.3 Å². The summed E-state index contributed by atoms with van der Waals surface area (Å²) in [6.45, 7) is 0. The lowest BCUT2D eigenvalue weighted by molar-refractivity contribution is 0.176. The van der Waals surface area contributed by atoms with Gasteiger partial charge in [-0.25, -0.2) is 8.78 Å². The Kier molecular flexibility index (Phi) is 4.78. The molecule has 1 atom stereocenters. The summed E-state index contributed by atoms with van der Waals surface area (Å²) in [5.41, 5.74) is 6.40. The van der Waals surface area contributed by atoms with E-state index in [1.165, 1.54) is 6.07 Å². The largest absolute Gasteiger partial charge is 0.398 e. The Labute approximate surface area is 131 Å². The maximum absolute atomic E-state index is 13.9. The van der Waals surface area contributed by atoms with E-state index in [9.17, 15) is 13.9 Å². The van der Waals surface area contributed by atoms with Crippen LogP contribution in [0.5, 0.6) is 0 Å². The zero-order valence-corrected chi connectivity index (χ0v) is 13.4. The molecule has 0 saturated carbocycles. The van der Waals surface area contributed by atoms with Crippen LogP contribution in [0.4, 0.5) is 14.5 Å². The molecule has 0 spiro atoms. The van der Waals surface area contributed by atoms with Crippen LogP contribution < -0.4 is 5.73 Å². The predicted octanol–water partition coefficient (Wildman–Crippen LogP) is 4.35. The number of aliphatic hydroxyl groups excluding tert-OH is 1. The molecule has 106 valence electrons. The van der Waals surface area contributed by atoms with E-state index in [2.05, 4.69) is 31.9 Å². The lowest BCUT2D eigenvalue weighted by Crippen LogP contribution is -2.08. The average molecular weight is 407 g/mol. The van der Waals surface area contributed by atoms with Crippen molar-refractivity contribution in [1.82, 2.24) is 0 Å². The number of aliphatic hydroxyl groups is 1. The number of hydrogen-bond acceptors (Lipinski definition) is 2. The van der Waals surface area contributed by atoms with Gasteiger partial charge in [0.1, 0.15) is 11.6 Å². The van der Waals surface area contributed by atoms with Gasteiger partial charge in [-0.05, 0) is 46.3 Å². The van der Waals surface area contributed by atoms with Gasteiger partial charge in [0.15, 0.2) is 0 Å². The van der Waals surface area contributed by atoms with E-state index in [1.807, 2.05) is 0 Å². The molecular formula is C14H11Br2F2NO. The van der Waals surface area contributed by atoms with Crippen molar-refractivity contribution in [2.45, 2.75) is 12.5 Å². The lowest BCUT2D eigenvalue weighted by atomic mass is 9.99. The topological polar surface area (TPSA) is 46.2 Å². The molecule has 0 aliphatic heterocycles. The summed E-state index contributed by atoms with van der Waals surface area (Å²) in [7, 11) is 0. The van der Waals surface area contributed by atoms with E-state index in [1.54, 1.807) is 18.2 Å². The van der Waals surface area contributed by atoms with E-state index >= 15 is 0 Å². The molecular weight excluding hydrogens is 396 g/mol. The van der Waals surface area contributed by atoms with Crippen LogP contribution in [0.1, 0.15) is 17.2 Å². The van der Waals surface area contributed by atoms with Crippen LogP contribution in [-0.2, 0) is 6.42 Å². The fourth-order valence-corrected chi connectivity index (χ4v) is 2.64. The first-order valence-corrected chi connectivity index (χ1v) is 7.34. The highest BCUT2D eigenvalue weighted by molar-refractivity contribution is 9.10. The second kappa shape index (κ2) is 6.20. The van der Waals surface area contributed by atoms with Crippen molar-refractivity contribution < 1.29 is 13.9 Å². The Morgan fingerprint density at radius 1 is 1.15 bits per heavy atom. The summed E-state index contributed by atoms with van der Waals surface area (Å²) in [5.74, 6) is -1.41. The van der Waals surface area contributed by atoms with Crippen LogP contribution >= 0.6 is 31.9 Å². The molecule has 0 radical (unpaired) electrons. The number of nitrogen functional groups attached to an aromatic ring is 1. The Bertz CT molecular complexity index is 649. The van der Waals surface area contributed by atoms with Gasteiger partial charge in [0, 0.05) is 27.7 Å². The molecule has 0 aromatic heterocycles. The highest BCUT2D eigenvalue weighted by atomic mass is 79.9. The van der Waals surface area contributed by atoms with Crippen LogP contribution in [0, 0.1) is 11.6 Å². The first-order chi connectivity index (χ1) is 9.40. The minimum absolute atomic E-state index is 0.156. The Hall–Kier alpha value is -0.980. The number of benzene rings is 2. The molecule has 0 aliphatic rings. The lowest BCUT2D eigenvalue weighted by Gasteiger charge is -2.15. The molecule has 20 heavy (non-hydrogen) atoms. The van der Waals surface area contributed by atoms with Gasteiger partial charge in [-0.3, -0.25) is 0 Å². The molecule has 0 saturated heterocycles. The van der Waals surface area contributed by atoms with Gasteiger partial charge in [-0.1, -0.05) is 15.9 Å². The Morgan fingerprint density at radius 2 is 1.85 bits per heavy atom. The maximum Gasteiger partial charge on any atom is 0.143 e. The Balaban J connectivity index is 2.35.